The highest BCUT2D eigenvalue weighted by molar-refractivity contribution is 6.05. The minimum absolute atomic E-state index is 0.189. The van der Waals surface area contributed by atoms with Gasteiger partial charge in [0.05, 0.1) is 24.6 Å². The fourth-order valence-corrected chi connectivity index (χ4v) is 3.29. The molecular weight excluding hydrogens is 430 g/mol. The van der Waals surface area contributed by atoms with Crippen molar-refractivity contribution >= 4 is 28.9 Å². The lowest BCUT2D eigenvalue weighted by atomic mass is 10.1. The maximum absolute atomic E-state index is 12.7. The van der Waals surface area contributed by atoms with Crippen LogP contribution in [0, 0.1) is 6.92 Å². The van der Waals surface area contributed by atoms with E-state index in [1.54, 1.807) is 43.3 Å². The van der Waals surface area contributed by atoms with E-state index in [1.807, 2.05) is 51.1 Å². The Morgan fingerprint density at radius 3 is 2.03 bits per heavy atom. The molecule has 0 aliphatic carbocycles. The monoisotopic (exact) mass is 461 g/mol. The van der Waals surface area contributed by atoms with Crippen LogP contribution < -0.4 is 25.4 Å². The summed E-state index contributed by atoms with van der Waals surface area (Å²) < 4.78 is 11.6. The fourth-order valence-electron chi connectivity index (χ4n) is 3.29. The number of carbonyl (C=O) groups excluding carboxylic acids is 2. The van der Waals surface area contributed by atoms with E-state index in [9.17, 15) is 9.59 Å². The second-order valence-corrected chi connectivity index (χ2v) is 7.75. The van der Waals surface area contributed by atoms with Gasteiger partial charge in [-0.1, -0.05) is 35.9 Å². The summed E-state index contributed by atoms with van der Waals surface area (Å²) in [5, 5.41) is 9.01. The van der Waals surface area contributed by atoms with E-state index in [0.717, 1.165) is 11.3 Å². The topological polar surface area (TPSA) is 88.7 Å². The van der Waals surface area contributed by atoms with Crippen molar-refractivity contribution in [3.63, 3.8) is 0 Å². The molecule has 0 fully saturated rings. The molecule has 3 N–H and O–H groups in total. The van der Waals surface area contributed by atoms with Crippen LogP contribution in [0.3, 0.4) is 0 Å². The van der Waals surface area contributed by atoms with Gasteiger partial charge in [-0.15, -0.1) is 0 Å². The third-order valence-corrected chi connectivity index (χ3v) is 5.05. The summed E-state index contributed by atoms with van der Waals surface area (Å²) in [4.78, 5) is 25.5. The first-order chi connectivity index (χ1) is 16.4. The molecule has 0 radical (unpaired) electrons. The molecular formula is C27H31N3O4. The first kappa shape index (κ1) is 24.6. The molecule has 0 spiro atoms. The van der Waals surface area contributed by atoms with Gasteiger partial charge in [-0.25, -0.2) is 0 Å². The zero-order chi connectivity index (χ0) is 24.5. The van der Waals surface area contributed by atoms with Crippen molar-refractivity contribution in [3.05, 3.63) is 77.9 Å². The molecule has 7 heteroatoms. The zero-order valence-corrected chi connectivity index (χ0v) is 20.0. The molecule has 0 saturated carbocycles. The summed E-state index contributed by atoms with van der Waals surface area (Å²) in [5.41, 5.74) is 3.46. The van der Waals surface area contributed by atoms with Gasteiger partial charge in [0.2, 0.25) is 5.91 Å². The van der Waals surface area contributed by atoms with Gasteiger partial charge in [0.25, 0.3) is 5.91 Å². The largest absolute Gasteiger partial charge is 0.492 e. The Morgan fingerprint density at radius 2 is 1.41 bits per heavy atom. The molecule has 178 valence electrons. The van der Waals surface area contributed by atoms with Gasteiger partial charge in [-0.2, -0.15) is 0 Å². The van der Waals surface area contributed by atoms with Crippen molar-refractivity contribution in [3.8, 4) is 11.5 Å². The summed E-state index contributed by atoms with van der Waals surface area (Å²) in [6.45, 7) is 8.32. The number of amides is 2. The standard InChI is InChI=1S/C27H31N3O4/c1-5-33-24-17-23(30-27(32)20-10-8-7-9-11-20)25(34-6-2)16-22(24)28-19(4)26(31)29-21-14-12-18(3)13-15-21/h7-17,19,28H,5-6H2,1-4H3,(H,29,31)(H,30,32). The normalized spacial score (nSPS) is 11.3. The minimum Gasteiger partial charge on any atom is -0.492 e. The number of aryl methyl sites for hydroxylation is 1. The molecule has 3 aromatic carbocycles. The van der Waals surface area contributed by atoms with Crippen molar-refractivity contribution in [2.75, 3.05) is 29.2 Å². The zero-order valence-electron chi connectivity index (χ0n) is 20.0. The lowest BCUT2D eigenvalue weighted by Crippen LogP contribution is -2.32. The highest BCUT2D eigenvalue weighted by Crippen LogP contribution is 2.37. The van der Waals surface area contributed by atoms with E-state index < -0.39 is 6.04 Å². The van der Waals surface area contributed by atoms with Gasteiger partial charge in [-0.05, 0) is 52.0 Å². The number of benzene rings is 3. The highest BCUT2D eigenvalue weighted by Gasteiger charge is 2.19. The van der Waals surface area contributed by atoms with Gasteiger partial charge in [0, 0.05) is 23.4 Å². The molecule has 3 aromatic rings. The number of hydrogen-bond acceptors (Lipinski definition) is 5. The molecule has 3 rings (SSSR count). The Labute approximate surface area is 200 Å². The Balaban J connectivity index is 1.82. The number of nitrogens with one attached hydrogen (secondary N) is 3. The van der Waals surface area contributed by atoms with Gasteiger partial charge < -0.3 is 25.4 Å². The molecule has 0 aromatic heterocycles. The van der Waals surface area contributed by atoms with Crippen LogP contribution in [0.1, 0.15) is 36.7 Å². The van der Waals surface area contributed by atoms with Crippen LogP contribution in [-0.4, -0.2) is 31.1 Å². The van der Waals surface area contributed by atoms with Crippen molar-refractivity contribution in [1.29, 1.82) is 0 Å². The molecule has 0 heterocycles. The lowest BCUT2D eigenvalue weighted by Gasteiger charge is -2.21. The van der Waals surface area contributed by atoms with Crippen molar-refractivity contribution < 1.29 is 19.1 Å². The van der Waals surface area contributed by atoms with Gasteiger partial charge in [0.1, 0.15) is 17.5 Å². The third kappa shape index (κ3) is 6.51. The molecule has 1 unspecified atom stereocenters. The molecule has 2 amide bonds. The second kappa shape index (κ2) is 11.7. The van der Waals surface area contributed by atoms with E-state index in [4.69, 9.17) is 9.47 Å². The van der Waals surface area contributed by atoms with Crippen LogP contribution in [0.4, 0.5) is 17.1 Å². The molecule has 7 nitrogen and oxygen atoms in total. The molecule has 0 aliphatic heterocycles. The molecule has 0 saturated heterocycles. The van der Waals surface area contributed by atoms with E-state index in [-0.39, 0.29) is 11.8 Å². The average molecular weight is 462 g/mol. The Hall–Kier alpha value is -4.00. The predicted molar refractivity (Wildman–Crippen MR) is 136 cm³/mol. The van der Waals surface area contributed by atoms with E-state index in [2.05, 4.69) is 16.0 Å². The lowest BCUT2D eigenvalue weighted by molar-refractivity contribution is -0.116. The van der Waals surface area contributed by atoms with E-state index in [1.165, 1.54) is 0 Å². The average Bonchev–Trinajstić information content (AvgIpc) is 2.83. The summed E-state index contributed by atoms with van der Waals surface area (Å²) in [7, 11) is 0. The third-order valence-electron chi connectivity index (χ3n) is 5.05. The van der Waals surface area contributed by atoms with Crippen LogP contribution in [0.2, 0.25) is 0 Å². The Bertz CT molecular complexity index is 1110. The molecule has 34 heavy (non-hydrogen) atoms. The van der Waals surface area contributed by atoms with Crippen molar-refractivity contribution in [2.24, 2.45) is 0 Å². The highest BCUT2D eigenvalue weighted by atomic mass is 16.5. The van der Waals surface area contributed by atoms with Crippen LogP contribution >= 0.6 is 0 Å². The predicted octanol–water partition coefficient (Wildman–Crippen LogP) is 5.48. The number of carbonyl (C=O) groups is 2. The van der Waals surface area contributed by atoms with Crippen LogP contribution in [0.15, 0.2) is 66.7 Å². The smallest absolute Gasteiger partial charge is 0.255 e. The SMILES string of the molecule is CCOc1cc(NC(C)C(=O)Nc2ccc(C)cc2)c(OCC)cc1NC(=O)c1ccccc1. The van der Waals surface area contributed by atoms with Crippen molar-refractivity contribution in [2.45, 2.75) is 33.7 Å². The molecule has 1 atom stereocenters. The van der Waals surface area contributed by atoms with Gasteiger partial charge >= 0.3 is 0 Å². The second-order valence-electron chi connectivity index (χ2n) is 7.75. The maximum atomic E-state index is 12.7. The van der Waals surface area contributed by atoms with Crippen LogP contribution in [-0.2, 0) is 4.79 Å². The quantitative estimate of drug-likeness (QED) is 0.372. The van der Waals surface area contributed by atoms with E-state index in [0.29, 0.717) is 41.7 Å². The summed E-state index contributed by atoms with van der Waals surface area (Å²) >= 11 is 0. The number of rotatable bonds is 10. The first-order valence-electron chi connectivity index (χ1n) is 11.3. The summed E-state index contributed by atoms with van der Waals surface area (Å²) in [6.07, 6.45) is 0. The summed E-state index contributed by atoms with van der Waals surface area (Å²) in [6, 6.07) is 19.5. The molecule has 0 bridgehead atoms. The Morgan fingerprint density at radius 1 is 0.824 bits per heavy atom. The minimum atomic E-state index is -0.556. The van der Waals surface area contributed by atoms with E-state index >= 15 is 0 Å². The summed E-state index contributed by atoms with van der Waals surface area (Å²) in [5.74, 6) is 0.537. The number of hydrogen-bond donors (Lipinski definition) is 3. The van der Waals surface area contributed by atoms with Crippen LogP contribution in [0.5, 0.6) is 11.5 Å². The maximum Gasteiger partial charge on any atom is 0.255 e. The first-order valence-corrected chi connectivity index (χ1v) is 11.3. The van der Waals surface area contributed by atoms with Crippen LogP contribution in [0.25, 0.3) is 0 Å². The fraction of sp³-hybridized carbons (Fsp3) is 0.259. The number of ether oxygens (including phenoxy) is 2. The Kier molecular flexibility index (Phi) is 8.51. The van der Waals surface area contributed by atoms with Gasteiger partial charge in [-0.3, -0.25) is 9.59 Å². The van der Waals surface area contributed by atoms with Gasteiger partial charge in [0.15, 0.2) is 0 Å². The molecule has 0 aliphatic rings. The van der Waals surface area contributed by atoms with Crippen molar-refractivity contribution in [1.82, 2.24) is 0 Å². The number of anilines is 3.